The van der Waals surface area contributed by atoms with Crippen molar-refractivity contribution in [3.8, 4) is 0 Å². The lowest BCUT2D eigenvalue weighted by molar-refractivity contribution is 0.0980. The van der Waals surface area contributed by atoms with Crippen molar-refractivity contribution >= 4 is 22.9 Å². The molecule has 0 N–H and O–H groups in total. The molecule has 0 radical (unpaired) electrons. The van der Waals surface area contributed by atoms with Gasteiger partial charge in [0.15, 0.2) is 22.9 Å². The third-order valence-electron chi connectivity index (χ3n) is 3.27. The highest BCUT2D eigenvalue weighted by molar-refractivity contribution is 6.31. The SMILES string of the molecule is [C-]#[N+]c1cccc2c1C(=O)c1cccc([N+]#[C-])c1C2=O. The number of nitrogens with zero attached hydrogens (tertiary/aromatic N) is 2. The van der Waals surface area contributed by atoms with Crippen LogP contribution in [0.2, 0.25) is 0 Å². The van der Waals surface area contributed by atoms with E-state index in [1.807, 2.05) is 0 Å². The molecule has 0 atom stereocenters. The molecule has 0 fully saturated rings. The van der Waals surface area contributed by atoms with E-state index in [1.165, 1.54) is 24.3 Å². The first-order valence-electron chi connectivity index (χ1n) is 5.79. The maximum absolute atomic E-state index is 12.5. The smallest absolute Gasteiger partial charge is 0.198 e. The minimum absolute atomic E-state index is 0.141. The maximum Gasteiger partial charge on any atom is 0.198 e. The van der Waals surface area contributed by atoms with Gasteiger partial charge in [-0.05, 0) is 0 Å². The fourth-order valence-corrected chi connectivity index (χ4v) is 2.39. The van der Waals surface area contributed by atoms with Crippen molar-refractivity contribution in [2.24, 2.45) is 0 Å². The highest BCUT2D eigenvalue weighted by Crippen LogP contribution is 2.36. The topological polar surface area (TPSA) is 42.9 Å². The molecule has 0 unspecified atom stereocenters. The van der Waals surface area contributed by atoms with Crippen LogP contribution in [0.25, 0.3) is 9.69 Å². The van der Waals surface area contributed by atoms with Gasteiger partial charge >= 0.3 is 0 Å². The van der Waals surface area contributed by atoms with E-state index in [1.54, 1.807) is 12.1 Å². The number of hydrogen-bond donors (Lipinski definition) is 0. The standard InChI is InChI=1S/C16H6N2O2/c1-17-11-7-3-5-9-13(11)15(19)10-6-4-8-12(18-2)14(10)16(9)20/h3-8H. The molecule has 1 aliphatic carbocycles. The minimum atomic E-state index is -0.369. The molecule has 0 amide bonds. The fraction of sp³-hybridized carbons (Fsp3) is 0. The average Bonchev–Trinajstić information content (AvgIpc) is 2.50. The number of ketones is 2. The summed E-state index contributed by atoms with van der Waals surface area (Å²) in [6.07, 6.45) is 0. The summed E-state index contributed by atoms with van der Waals surface area (Å²) in [5.41, 5.74) is 1.02. The van der Waals surface area contributed by atoms with Crippen LogP contribution in [0.5, 0.6) is 0 Å². The zero-order chi connectivity index (χ0) is 14.3. The van der Waals surface area contributed by atoms with Gasteiger partial charge in [0.25, 0.3) is 0 Å². The molecule has 0 saturated heterocycles. The molecule has 20 heavy (non-hydrogen) atoms. The van der Waals surface area contributed by atoms with Crippen molar-refractivity contribution < 1.29 is 9.59 Å². The van der Waals surface area contributed by atoms with Crippen molar-refractivity contribution in [2.45, 2.75) is 0 Å². The molecule has 2 aromatic carbocycles. The Morgan fingerprint density at radius 1 is 0.700 bits per heavy atom. The highest BCUT2D eigenvalue weighted by atomic mass is 16.1. The van der Waals surface area contributed by atoms with Crippen molar-refractivity contribution in [1.82, 2.24) is 0 Å². The maximum atomic E-state index is 12.5. The summed E-state index contributed by atoms with van der Waals surface area (Å²) < 4.78 is 0. The van der Waals surface area contributed by atoms with Gasteiger partial charge in [-0.1, -0.05) is 36.4 Å². The Balaban J connectivity index is 2.41. The predicted molar refractivity (Wildman–Crippen MR) is 72.3 cm³/mol. The van der Waals surface area contributed by atoms with Crippen molar-refractivity contribution in [3.63, 3.8) is 0 Å². The lowest BCUT2D eigenvalue weighted by Gasteiger charge is -2.19. The van der Waals surface area contributed by atoms with Gasteiger partial charge in [-0.15, -0.1) is 0 Å². The van der Waals surface area contributed by atoms with Gasteiger partial charge in [-0.3, -0.25) is 9.59 Å². The Bertz CT molecular complexity index is 794. The lowest BCUT2D eigenvalue weighted by atomic mass is 9.82. The zero-order valence-electron chi connectivity index (χ0n) is 10.2. The molecular weight excluding hydrogens is 252 g/mol. The Hall–Kier alpha value is -3.24. The Labute approximate surface area is 114 Å². The molecule has 0 spiro atoms. The normalized spacial score (nSPS) is 12.1. The van der Waals surface area contributed by atoms with Crippen molar-refractivity contribution in [2.75, 3.05) is 0 Å². The van der Waals surface area contributed by atoms with Gasteiger partial charge in [0.2, 0.25) is 0 Å². The van der Waals surface area contributed by atoms with E-state index in [4.69, 9.17) is 13.1 Å². The first kappa shape index (κ1) is 11.8. The molecule has 0 bridgehead atoms. The lowest BCUT2D eigenvalue weighted by Crippen LogP contribution is -2.20. The van der Waals surface area contributed by atoms with Crippen LogP contribution < -0.4 is 0 Å². The summed E-state index contributed by atoms with van der Waals surface area (Å²) in [6, 6.07) is 9.22. The molecule has 4 nitrogen and oxygen atoms in total. The molecule has 0 saturated carbocycles. The number of fused-ring (bicyclic) bond motifs is 2. The van der Waals surface area contributed by atoms with E-state index in [9.17, 15) is 9.59 Å². The summed E-state index contributed by atoms with van der Waals surface area (Å²) in [6.45, 7) is 14.2. The van der Waals surface area contributed by atoms with Gasteiger partial charge < -0.3 is 0 Å². The van der Waals surface area contributed by atoms with E-state index < -0.39 is 0 Å². The minimum Gasteiger partial charge on any atom is -0.290 e. The quantitative estimate of drug-likeness (QED) is 0.578. The van der Waals surface area contributed by atoms with Crippen LogP contribution in [0.15, 0.2) is 36.4 Å². The number of rotatable bonds is 0. The number of carbonyl (C=O) groups excluding carboxylic acids is 2. The Kier molecular flexibility index (Phi) is 2.45. The van der Waals surface area contributed by atoms with Crippen LogP contribution in [-0.2, 0) is 0 Å². The summed E-state index contributed by atoms with van der Waals surface area (Å²) in [5, 5.41) is 0. The largest absolute Gasteiger partial charge is 0.290 e. The van der Waals surface area contributed by atoms with Gasteiger partial charge in [-0.25, -0.2) is 9.69 Å². The molecular formula is C16H6N2O2. The second kappa shape index (κ2) is 4.15. The summed E-state index contributed by atoms with van der Waals surface area (Å²) in [4.78, 5) is 31.6. The molecule has 0 aliphatic heterocycles. The summed E-state index contributed by atoms with van der Waals surface area (Å²) in [7, 11) is 0. The number of carbonyl (C=O) groups is 2. The van der Waals surface area contributed by atoms with E-state index in [0.29, 0.717) is 0 Å². The summed E-state index contributed by atoms with van der Waals surface area (Å²) in [5.74, 6) is -0.738. The monoisotopic (exact) mass is 258 g/mol. The van der Waals surface area contributed by atoms with Crippen LogP contribution in [0.3, 0.4) is 0 Å². The molecule has 2 aromatic rings. The number of benzene rings is 2. The van der Waals surface area contributed by atoms with E-state index in [2.05, 4.69) is 9.69 Å². The Morgan fingerprint density at radius 3 is 1.45 bits per heavy atom. The van der Waals surface area contributed by atoms with Crippen LogP contribution in [0, 0.1) is 13.1 Å². The first-order valence-corrected chi connectivity index (χ1v) is 5.79. The third kappa shape index (κ3) is 1.39. The number of hydrogen-bond acceptors (Lipinski definition) is 2. The van der Waals surface area contributed by atoms with Gasteiger partial charge in [0.05, 0.1) is 13.1 Å². The van der Waals surface area contributed by atoms with Gasteiger partial charge in [0, 0.05) is 22.3 Å². The van der Waals surface area contributed by atoms with Gasteiger partial charge in [-0.2, -0.15) is 0 Å². The predicted octanol–water partition coefficient (Wildman–Crippen LogP) is 3.56. The molecule has 0 aromatic heterocycles. The van der Waals surface area contributed by atoms with Crippen LogP contribution in [0.4, 0.5) is 11.4 Å². The van der Waals surface area contributed by atoms with E-state index in [0.717, 1.165) is 0 Å². The third-order valence-corrected chi connectivity index (χ3v) is 3.27. The van der Waals surface area contributed by atoms with Crippen LogP contribution in [-0.4, -0.2) is 11.6 Å². The molecule has 3 rings (SSSR count). The van der Waals surface area contributed by atoms with Crippen molar-refractivity contribution in [3.05, 3.63) is 81.5 Å². The fourth-order valence-electron chi connectivity index (χ4n) is 2.39. The van der Waals surface area contributed by atoms with Crippen molar-refractivity contribution in [1.29, 1.82) is 0 Å². The van der Waals surface area contributed by atoms with Gasteiger partial charge in [0.1, 0.15) is 0 Å². The van der Waals surface area contributed by atoms with Crippen LogP contribution >= 0.6 is 0 Å². The Morgan fingerprint density at radius 2 is 1.10 bits per heavy atom. The first-order chi connectivity index (χ1) is 9.69. The average molecular weight is 258 g/mol. The van der Waals surface area contributed by atoms with E-state index in [-0.39, 0.29) is 45.2 Å². The zero-order valence-corrected chi connectivity index (χ0v) is 10.2. The molecule has 0 heterocycles. The molecule has 4 heteroatoms. The molecule has 92 valence electrons. The molecule has 1 aliphatic rings. The summed E-state index contributed by atoms with van der Waals surface area (Å²) >= 11 is 0. The van der Waals surface area contributed by atoms with Crippen LogP contribution in [0.1, 0.15) is 31.8 Å². The highest BCUT2D eigenvalue weighted by Gasteiger charge is 2.32. The van der Waals surface area contributed by atoms with E-state index >= 15 is 0 Å². The second-order valence-corrected chi connectivity index (χ2v) is 4.28. The second-order valence-electron chi connectivity index (χ2n) is 4.28.